The first kappa shape index (κ1) is 34.9. The van der Waals surface area contributed by atoms with Crippen LogP contribution in [-0.4, -0.2) is 81.2 Å². The van der Waals surface area contributed by atoms with Crippen LogP contribution in [0.4, 0.5) is 0 Å². The Morgan fingerprint density at radius 3 is 2.38 bits per heavy atom. The zero-order valence-corrected chi connectivity index (χ0v) is 26.0. The van der Waals surface area contributed by atoms with Gasteiger partial charge in [-0.3, -0.25) is 0 Å². The zero-order chi connectivity index (χ0) is 29.6. The third kappa shape index (κ3) is 14.3. The number of aliphatic hydroxyl groups excluding tert-OH is 1. The fourth-order valence-electron chi connectivity index (χ4n) is 4.63. The van der Waals surface area contributed by atoms with Crippen molar-refractivity contribution >= 4 is 5.84 Å². The fourth-order valence-corrected chi connectivity index (χ4v) is 4.63. The normalized spacial score (nSPS) is 22.9. The number of hydrogen-bond donors (Lipinski definition) is 5. The second kappa shape index (κ2) is 21.7. The highest BCUT2D eigenvalue weighted by molar-refractivity contribution is 5.80. The first-order chi connectivity index (χ1) is 19.4. The largest absolute Gasteiger partial charge is 0.394 e. The second-order valence-electron chi connectivity index (χ2n) is 10.5. The van der Waals surface area contributed by atoms with Crippen LogP contribution in [0.2, 0.25) is 0 Å². The summed E-state index contributed by atoms with van der Waals surface area (Å²) in [5, 5.41) is 20.4. The molecular weight excluding hydrogens is 498 g/mol. The van der Waals surface area contributed by atoms with Crippen LogP contribution in [-0.2, 0) is 0 Å². The van der Waals surface area contributed by atoms with Gasteiger partial charge in [0.15, 0.2) is 0 Å². The lowest BCUT2D eigenvalue weighted by Crippen LogP contribution is -2.48. The Morgan fingerprint density at radius 2 is 1.88 bits per heavy atom. The summed E-state index contributed by atoms with van der Waals surface area (Å²) in [5.74, 6) is 2.39. The van der Waals surface area contributed by atoms with E-state index in [9.17, 15) is 0 Å². The van der Waals surface area contributed by atoms with Gasteiger partial charge in [0.05, 0.1) is 6.61 Å². The topological polar surface area (TPSA) is 87.2 Å². The van der Waals surface area contributed by atoms with E-state index in [1.54, 1.807) is 19.3 Å². The van der Waals surface area contributed by atoms with E-state index in [1.165, 1.54) is 29.8 Å². The lowest BCUT2D eigenvalue weighted by Gasteiger charge is -2.40. The van der Waals surface area contributed by atoms with Crippen LogP contribution in [0.5, 0.6) is 0 Å². The summed E-state index contributed by atoms with van der Waals surface area (Å²) in [5.41, 5.74) is 4.25. The van der Waals surface area contributed by atoms with Gasteiger partial charge < -0.3 is 36.2 Å². The van der Waals surface area contributed by atoms with Crippen LogP contribution in [0.15, 0.2) is 77.6 Å². The van der Waals surface area contributed by atoms with E-state index >= 15 is 0 Å². The molecule has 0 aromatic rings. The van der Waals surface area contributed by atoms with Gasteiger partial charge in [0, 0.05) is 77.7 Å². The van der Waals surface area contributed by atoms with Crippen LogP contribution in [0.1, 0.15) is 52.9 Å². The lowest BCUT2D eigenvalue weighted by atomic mass is 9.89. The van der Waals surface area contributed by atoms with Crippen molar-refractivity contribution in [2.45, 2.75) is 52.9 Å². The number of piperazine rings is 1. The Morgan fingerprint density at radius 1 is 1.15 bits per heavy atom. The number of nitrogens with one attached hydrogen (secondary N) is 4. The van der Waals surface area contributed by atoms with Gasteiger partial charge in [-0.2, -0.15) is 0 Å². The van der Waals surface area contributed by atoms with E-state index in [0.717, 1.165) is 57.8 Å². The number of aliphatic imine (C=N–C) groups is 1. The van der Waals surface area contributed by atoms with Crippen LogP contribution < -0.4 is 21.3 Å². The van der Waals surface area contributed by atoms with Gasteiger partial charge >= 0.3 is 0 Å². The van der Waals surface area contributed by atoms with Gasteiger partial charge in [0.25, 0.3) is 0 Å². The molecule has 0 amide bonds. The predicted octanol–water partition coefficient (Wildman–Crippen LogP) is 4.31. The van der Waals surface area contributed by atoms with Crippen LogP contribution >= 0.6 is 0 Å². The second-order valence-corrected chi connectivity index (χ2v) is 10.5. The molecule has 1 fully saturated rings. The number of amidine groups is 1. The predicted molar refractivity (Wildman–Crippen MR) is 173 cm³/mol. The highest BCUT2D eigenvalue weighted by Crippen LogP contribution is 2.29. The maximum atomic E-state index is 8.07. The van der Waals surface area contributed by atoms with Crippen molar-refractivity contribution in [3.8, 4) is 0 Å². The molecule has 8 heteroatoms. The molecule has 2 heterocycles. The number of allylic oxidation sites excluding steroid dienone is 5. The molecular formula is C32H57N7O. The number of aliphatic hydroxyl groups is 1. The van der Waals surface area contributed by atoms with Crippen LogP contribution in [0.3, 0.4) is 0 Å². The Bertz CT molecular complexity index is 872. The van der Waals surface area contributed by atoms with Crippen molar-refractivity contribution in [3.05, 3.63) is 72.7 Å². The van der Waals surface area contributed by atoms with Crippen molar-refractivity contribution in [2.75, 3.05) is 60.5 Å². The molecule has 0 spiro atoms. The minimum absolute atomic E-state index is 0.112. The molecule has 0 saturated carbocycles. The van der Waals surface area contributed by atoms with Gasteiger partial charge in [-0.25, -0.2) is 4.99 Å². The zero-order valence-electron chi connectivity index (χ0n) is 26.0. The fraction of sp³-hybridized carbons (Fsp3) is 0.594. The van der Waals surface area contributed by atoms with E-state index in [2.05, 4.69) is 88.7 Å². The van der Waals surface area contributed by atoms with E-state index in [-0.39, 0.29) is 6.61 Å². The molecule has 2 aliphatic heterocycles. The Labute approximate surface area is 244 Å². The number of hydrogen-bond acceptors (Lipinski definition) is 7. The highest BCUT2D eigenvalue weighted by Gasteiger charge is 2.24. The van der Waals surface area contributed by atoms with Crippen molar-refractivity contribution in [3.63, 3.8) is 0 Å². The molecule has 5 N–H and O–H groups in total. The third-order valence-electron chi connectivity index (χ3n) is 7.12. The van der Waals surface area contributed by atoms with Crippen LogP contribution in [0.25, 0.3) is 0 Å². The van der Waals surface area contributed by atoms with Gasteiger partial charge in [-0.15, -0.1) is 0 Å². The van der Waals surface area contributed by atoms with Crippen molar-refractivity contribution < 1.29 is 5.11 Å². The Balaban J connectivity index is 0.000000503. The first-order valence-corrected chi connectivity index (χ1v) is 14.8. The summed E-state index contributed by atoms with van der Waals surface area (Å²) in [4.78, 5) is 9.54. The van der Waals surface area contributed by atoms with Crippen LogP contribution in [0, 0.1) is 11.8 Å². The summed E-state index contributed by atoms with van der Waals surface area (Å²) in [6.45, 7) is 15.9. The number of rotatable bonds is 7. The lowest BCUT2D eigenvalue weighted by molar-refractivity contribution is 0.206. The molecule has 3 aliphatic rings. The molecule has 0 aromatic heterocycles. The standard InChI is InChI=1S/C22H39N5.C6H9N.C4H9NO/c1-18(2)20-9-7-6-8-10-21(24-5)22(17-20)27-15-13-26(14-16-27)19(3)25-12-11-23-4;1-6-3-2-4-7-5-6;1-5-3-2-4-6/h7,9,11-12,18,20,23-24H,6,8,10,13-17H2,1-5H3;2,4,7H,1,3,5H2;2-3,5-6H,4H2,1H3/b9-7-,12-11-,22-21-,25-19?;;3-2+. The molecule has 40 heavy (non-hydrogen) atoms. The van der Waals surface area contributed by atoms with E-state index < -0.39 is 0 Å². The average Bonchev–Trinajstić information content (AvgIpc) is 3.08. The van der Waals surface area contributed by atoms with Gasteiger partial charge in [0.1, 0.15) is 5.84 Å². The highest BCUT2D eigenvalue weighted by atomic mass is 16.2. The SMILES string of the molecule is C=C1CC=CNC1.CN/C=C/CO.CN/C=C\N=C(C)N1CCN(/C2=C(\NC)CCC/C=C\C(C(C)C)C2)CC1. The molecule has 1 unspecified atom stereocenters. The van der Waals surface area contributed by atoms with Crippen molar-refractivity contribution in [2.24, 2.45) is 16.8 Å². The smallest absolute Gasteiger partial charge is 0.101 e. The Hall–Kier alpha value is -3.13. The molecule has 0 radical (unpaired) electrons. The van der Waals surface area contributed by atoms with Gasteiger partial charge in [-0.05, 0) is 69.3 Å². The minimum atomic E-state index is 0.112. The van der Waals surface area contributed by atoms with Gasteiger partial charge in [-0.1, -0.05) is 44.2 Å². The number of nitrogens with zero attached hydrogens (tertiary/aromatic N) is 3. The van der Waals surface area contributed by atoms with Crippen molar-refractivity contribution in [1.29, 1.82) is 0 Å². The molecule has 1 atom stereocenters. The summed E-state index contributed by atoms with van der Waals surface area (Å²) in [7, 11) is 5.77. The maximum Gasteiger partial charge on any atom is 0.101 e. The van der Waals surface area contributed by atoms with E-state index in [1.807, 2.05) is 25.6 Å². The molecule has 0 aromatic carbocycles. The summed E-state index contributed by atoms with van der Waals surface area (Å²) < 4.78 is 0. The van der Waals surface area contributed by atoms with Crippen molar-refractivity contribution in [1.82, 2.24) is 31.1 Å². The van der Waals surface area contributed by atoms with E-state index in [0.29, 0.717) is 11.8 Å². The third-order valence-corrected chi connectivity index (χ3v) is 7.12. The molecule has 1 aliphatic carbocycles. The summed E-state index contributed by atoms with van der Waals surface area (Å²) >= 11 is 0. The maximum absolute atomic E-state index is 8.07. The molecule has 8 nitrogen and oxygen atoms in total. The molecule has 3 rings (SSSR count). The van der Waals surface area contributed by atoms with Gasteiger partial charge in [0.2, 0.25) is 0 Å². The summed E-state index contributed by atoms with van der Waals surface area (Å²) in [6, 6.07) is 0. The molecule has 1 saturated heterocycles. The summed E-state index contributed by atoms with van der Waals surface area (Å²) in [6.07, 6.45) is 21.7. The average molecular weight is 556 g/mol. The molecule has 0 bridgehead atoms. The first-order valence-electron chi connectivity index (χ1n) is 14.8. The quantitative estimate of drug-likeness (QED) is 0.182. The Kier molecular flexibility index (Phi) is 18.9. The van der Waals surface area contributed by atoms with E-state index in [4.69, 9.17) is 5.11 Å². The molecule has 226 valence electrons. The monoisotopic (exact) mass is 555 g/mol. The minimum Gasteiger partial charge on any atom is -0.394 e.